The molecule has 0 bridgehead atoms. The van der Waals surface area contributed by atoms with Crippen LogP contribution in [-0.2, 0) is 126 Å². The number of rotatable bonds is 0. The summed E-state index contributed by atoms with van der Waals surface area (Å²) in [5.74, 6) is 0. The Balaban J connectivity index is 0. The second-order valence-corrected chi connectivity index (χ2v) is 0. The van der Waals surface area contributed by atoms with Crippen molar-refractivity contribution in [3.05, 3.63) is 0 Å². The van der Waals surface area contributed by atoms with E-state index in [4.69, 9.17) is 0 Å². The Morgan fingerprint density at radius 1 is 0.231 bits per heavy atom. The molecular formula is O9Os2V2. The van der Waals surface area contributed by atoms with Crippen molar-refractivity contribution in [3.8, 4) is 0 Å². The maximum absolute atomic E-state index is 0. The molecule has 0 aromatic carbocycles. The van der Waals surface area contributed by atoms with Gasteiger partial charge in [-0.05, 0) is 0 Å². The monoisotopic (exact) mass is 630 g/mol. The molecule has 0 unspecified atom stereocenters. The first kappa shape index (κ1) is 690. The Hall–Kier alpha value is 2.08. The smallest absolute Gasteiger partial charge is 2.00 e. The topological polar surface area (TPSA) is 256 Å². The third-order valence-electron chi connectivity index (χ3n) is 0. The largest absolute Gasteiger partial charge is 5.00 e. The van der Waals surface area contributed by atoms with Crippen molar-refractivity contribution in [2.45, 2.75) is 0 Å². The summed E-state index contributed by atoms with van der Waals surface area (Å²) in [6.07, 6.45) is 0. The molecule has 0 amide bonds. The molecule has 0 saturated heterocycles. The normalized spacial score (nSPS) is 0. The molecule has 0 aliphatic heterocycles. The van der Waals surface area contributed by atoms with Crippen molar-refractivity contribution in [1.29, 1.82) is 0 Å². The van der Waals surface area contributed by atoms with Crippen LogP contribution in [0.15, 0.2) is 0 Å². The summed E-state index contributed by atoms with van der Waals surface area (Å²) < 4.78 is 0. The fraction of sp³-hybridized carbons (Fsp3) is 0. The van der Waals surface area contributed by atoms with E-state index >= 15 is 0 Å². The first-order valence-corrected chi connectivity index (χ1v) is 0. The van der Waals surface area contributed by atoms with Crippen molar-refractivity contribution in [1.82, 2.24) is 0 Å². The van der Waals surface area contributed by atoms with E-state index in [0.717, 1.165) is 0 Å². The Morgan fingerprint density at radius 3 is 0.231 bits per heavy atom. The Morgan fingerprint density at radius 2 is 0.231 bits per heavy atom. The van der Waals surface area contributed by atoms with E-state index in [1.54, 1.807) is 0 Å². The van der Waals surface area contributed by atoms with Gasteiger partial charge in [-0.3, -0.25) is 0 Å². The zero-order chi connectivity index (χ0) is 0. The third-order valence-corrected chi connectivity index (χ3v) is 0. The summed E-state index contributed by atoms with van der Waals surface area (Å²) in [6, 6.07) is 0. The van der Waals surface area contributed by atoms with Crippen molar-refractivity contribution in [2.24, 2.45) is 0 Å². The van der Waals surface area contributed by atoms with Gasteiger partial charge in [0.15, 0.2) is 0 Å². The molecule has 13 heavy (non-hydrogen) atoms. The molecule has 13 heteroatoms. The molecule has 0 radical (unpaired) electrons. The Kier molecular flexibility index (Phi) is 29500. The summed E-state index contributed by atoms with van der Waals surface area (Å²) in [5.41, 5.74) is 0. The molecule has 0 N–H and O–H groups in total. The van der Waals surface area contributed by atoms with Gasteiger partial charge in [0.2, 0.25) is 0 Å². The minimum atomic E-state index is 0. The molecule has 0 rings (SSSR count). The van der Waals surface area contributed by atoms with Gasteiger partial charge in [0.05, 0.1) is 0 Å². The Labute approximate surface area is 125 Å². The van der Waals surface area contributed by atoms with Crippen LogP contribution in [0.1, 0.15) is 0 Å². The summed E-state index contributed by atoms with van der Waals surface area (Å²) in [4.78, 5) is 0. The summed E-state index contributed by atoms with van der Waals surface area (Å²) in [5, 5.41) is 0. The van der Waals surface area contributed by atoms with Gasteiger partial charge in [-0.25, -0.2) is 0 Å². The molecule has 0 atom stereocenters. The zero-order valence-electron chi connectivity index (χ0n) is 5.28. The van der Waals surface area contributed by atoms with Crippen LogP contribution in [0, 0.1) is 0 Å². The predicted molar refractivity (Wildman–Crippen MR) is 6.18 cm³/mol. The van der Waals surface area contributed by atoms with Gasteiger partial charge in [-0.2, -0.15) is 0 Å². The van der Waals surface area contributed by atoms with Gasteiger partial charge >= 0.3 is 76.7 Å². The summed E-state index contributed by atoms with van der Waals surface area (Å²) in [7, 11) is 0. The fourth-order valence-electron chi connectivity index (χ4n) is 0. The van der Waals surface area contributed by atoms with Crippen LogP contribution in [-0.4, -0.2) is 0 Å². The van der Waals surface area contributed by atoms with Crippen LogP contribution in [0.3, 0.4) is 0 Å². The van der Waals surface area contributed by atoms with Gasteiger partial charge in [0.1, 0.15) is 0 Å². The molecule has 0 spiro atoms. The van der Waals surface area contributed by atoms with E-state index in [1.165, 1.54) is 0 Å². The second kappa shape index (κ2) is 556. The average molecular weight is 626 g/mol. The Bertz CT molecular complexity index is 15.6. The summed E-state index contributed by atoms with van der Waals surface area (Å²) in [6.45, 7) is 0. The predicted octanol–water partition coefficient (Wildman–Crippen LogP) is -1.08. The van der Waals surface area contributed by atoms with Crippen molar-refractivity contribution in [2.75, 3.05) is 0 Å². The molecule has 0 saturated carbocycles. The molecule has 0 aromatic heterocycles. The fourth-order valence-corrected chi connectivity index (χ4v) is 0. The van der Waals surface area contributed by atoms with Crippen molar-refractivity contribution in [3.63, 3.8) is 0 Å². The van der Waals surface area contributed by atoms with Crippen LogP contribution in [0.5, 0.6) is 0 Å². The number of hydrogen-bond acceptors (Lipinski definition) is 0. The SMILES string of the molecule is [O-2].[O-2].[O-2].[O-2].[O-2].[O-2].[O-2].[O-2].[O-2].[Os+4].[Os+4].[V+5].[V+5]. The zero-order valence-corrected chi connectivity index (χ0v) is 13.1. The number of hydrogen-bond donors (Lipinski definition) is 0. The molecular weight excluding hydrogens is 626 g/mol. The minimum absolute atomic E-state index is 0. The minimum Gasteiger partial charge on any atom is -2.00 e. The maximum Gasteiger partial charge on any atom is 5.00 e. The van der Waals surface area contributed by atoms with Gasteiger partial charge in [0, 0.05) is 0 Å². The van der Waals surface area contributed by atoms with E-state index in [1.807, 2.05) is 0 Å². The average Bonchev–Trinajstić information content (AvgIpc) is 0. The second-order valence-electron chi connectivity index (χ2n) is 0. The van der Waals surface area contributed by atoms with Crippen LogP contribution >= 0.6 is 0 Å². The van der Waals surface area contributed by atoms with Crippen molar-refractivity contribution >= 4 is 0 Å². The third kappa shape index (κ3) is 474. The first-order valence-electron chi connectivity index (χ1n) is 0. The van der Waals surface area contributed by atoms with Crippen LogP contribution in [0.25, 0.3) is 0 Å². The quantitative estimate of drug-likeness (QED) is 0.311. The van der Waals surface area contributed by atoms with Crippen LogP contribution in [0.4, 0.5) is 0 Å². The van der Waals surface area contributed by atoms with E-state index in [9.17, 15) is 0 Å². The van der Waals surface area contributed by atoms with Crippen LogP contribution in [0.2, 0.25) is 0 Å². The molecule has 0 aliphatic carbocycles. The molecule has 0 aliphatic rings. The molecule has 80 valence electrons. The summed E-state index contributed by atoms with van der Waals surface area (Å²) >= 11 is 0. The van der Waals surface area contributed by atoms with Crippen molar-refractivity contribution < 1.29 is 126 Å². The van der Waals surface area contributed by atoms with Gasteiger partial charge < -0.3 is 49.3 Å². The van der Waals surface area contributed by atoms with Gasteiger partial charge in [-0.1, -0.05) is 0 Å². The van der Waals surface area contributed by atoms with E-state index in [-0.39, 0.29) is 126 Å². The molecule has 0 fully saturated rings. The standard InChI is InChI=1S/9O.2Os.2V/q9*-2;2*+4;2*+5. The van der Waals surface area contributed by atoms with Gasteiger partial charge in [-0.15, -0.1) is 0 Å². The molecule has 0 aromatic rings. The molecule has 0 heterocycles. The van der Waals surface area contributed by atoms with Crippen LogP contribution < -0.4 is 0 Å². The molecule has 9 nitrogen and oxygen atoms in total. The van der Waals surface area contributed by atoms with E-state index in [0.29, 0.717) is 0 Å². The van der Waals surface area contributed by atoms with E-state index in [2.05, 4.69) is 0 Å². The van der Waals surface area contributed by atoms with E-state index < -0.39 is 0 Å². The first-order chi connectivity index (χ1) is 0. The van der Waals surface area contributed by atoms with Gasteiger partial charge in [0.25, 0.3) is 0 Å². The maximum atomic E-state index is 0.